The topological polar surface area (TPSA) is 73.8 Å². The summed E-state index contributed by atoms with van der Waals surface area (Å²) in [6.45, 7) is 8.08. The number of rotatable bonds is 4. The molecule has 0 saturated heterocycles. The van der Waals surface area contributed by atoms with E-state index in [1.165, 1.54) is 11.8 Å². The summed E-state index contributed by atoms with van der Waals surface area (Å²) in [5.41, 5.74) is 6.53. The van der Waals surface area contributed by atoms with Crippen LogP contribution in [0.5, 0.6) is 0 Å². The normalized spacial score (nSPS) is 11.3. The van der Waals surface area contributed by atoms with Crippen molar-refractivity contribution in [3.05, 3.63) is 74.6 Å². The zero-order chi connectivity index (χ0) is 19.8. The van der Waals surface area contributed by atoms with E-state index in [-0.39, 0.29) is 5.63 Å². The molecule has 0 N–H and O–H groups in total. The Hall–Kier alpha value is -2.93. The number of hydrogen-bond donors (Lipinski definition) is 0. The van der Waals surface area contributed by atoms with E-state index in [1.54, 1.807) is 10.7 Å². The molecule has 0 fully saturated rings. The van der Waals surface area contributed by atoms with Gasteiger partial charge in [-0.15, -0.1) is 5.10 Å². The second-order valence-corrected chi connectivity index (χ2v) is 7.93. The number of hydrogen-bond acceptors (Lipinski definition) is 6. The predicted octanol–water partition coefficient (Wildman–Crippen LogP) is 4.29. The van der Waals surface area contributed by atoms with Gasteiger partial charge in [0.15, 0.2) is 0 Å². The van der Waals surface area contributed by atoms with Gasteiger partial charge in [-0.05, 0) is 78.1 Å². The lowest BCUT2D eigenvalue weighted by Gasteiger charge is -2.09. The minimum atomic E-state index is -0.342. The highest BCUT2D eigenvalue weighted by Gasteiger charge is 2.14. The summed E-state index contributed by atoms with van der Waals surface area (Å²) >= 11 is 1.49. The van der Waals surface area contributed by atoms with Crippen LogP contribution in [0.2, 0.25) is 0 Å². The maximum atomic E-state index is 12.1. The molecule has 28 heavy (non-hydrogen) atoms. The molecule has 4 rings (SSSR count). The number of tetrazole rings is 1. The van der Waals surface area contributed by atoms with Crippen molar-refractivity contribution in [3.8, 4) is 5.69 Å². The zero-order valence-electron chi connectivity index (χ0n) is 16.2. The molecule has 0 aliphatic heterocycles. The highest BCUT2D eigenvalue weighted by Crippen LogP contribution is 2.28. The van der Waals surface area contributed by atoms with Crippen molar-refractivity contribution in [2.45, 2.75) is 38.6 Å². The van der Waals surface area contributed by atoms with Crippen molar-refractivity contribution in [2.24, 2.45) is 0 Å². The summed E-state index contributed by atoms with van der Waals surface area (Å²) in [6.07, 6.45) is 0. The van der Waals surface area contributed by atoms with Gasteiger partial charge in [-0.25, -0.2) is 4.79 Å². The Morgan fingerprint density at radius 2 is 1.79 bits per heavy atom. The molecule has 4 aromatic rings. The molecule has 2 aromatic carbocycles. The number of aromatic nitrogens is 4. The minimum absolute atomic E-state index is 0.342. The number of aryl methyl sites for hydroxylation is 4. The van der Waals surface area contributed by atoms with Gasteiger partial charge in [0, 0.05) is 17.2 Å². The molecule has 7 heteroatoms. The molecule has 0 bridgehead atoms. The predicted molar refractivity (Wildman–Crippen MR) is 110 cm³/mol. The lowest BCUT2D eigenvalue weighted by Crippen LogP contribution is -2.03. The van der Waals surface area contributed by atoms with Crippen LogP contribution < -0.4 is 5.63 Å². The summed E-state index contributed by atoms with van der Waals surface area (Å²) in [4.78, 5) is 12.1. The van der Waals surface area contributed by atoms with Crippen molar-refractivity contribution in [1.82, 2.24) is 20.2 Å². The van der Waals surface area contributed by atoms with Crippen LogP contribution in [0.25, 0.3) is 16.7 Å². The summed E-state index contributed by atoms with van der Waals surface area (Å²) in [7, 11) is 0. The average molecular weight is 392 g/mol. The largest absolute Gasteiger partial charge is 0.422 e. The Balaban J connectivity index is 1.69. The van der Waals surface area contributed by atoms with Crippen molar-refractivity contribution in [3.63, 3.8) is 0 Å². The third-order valence-corrected chi connectivity index (χ3v) is 5.73. The van der Waals surface area contributed by atoms with Gasteiger partial charge in [0.05, 0.1) is 5.69 Å². The molecule has 0 aliphatic carbocycles. The zero-order valence-corrected chi connectivity index (χ0v) is 17.0. The van der Waals surface area contributed by atoms with Gasteiger partial charge in [0.1, 0.15) is 5.58 Å². The molecule has 6 nitrogen and oxygen atoms in total. The van der Waals surface area contributed by atoms with Crippen LogP contribution in [0.15, 0.2) is 50.8 Å². The fraction of sp³-hybridized carbons (Fsp3) is 0.238. The Kier molecular flexibility index (Phi) is 4.77. The summed E-state index contributed by atoms with van der Waals surface area (Å²) in [5.74, 6) is 0.565. The SMILES string of the molecule is Cc1cc(C)cc(-n2nnnc2SCc2cc(=O)oc3c(C)c(C)ccc23)c1. The van der Waals surface area contributed by atoms with E-state index >= 15 is 0 Å². The molecule has 0 radical (unpaired) electrons. The van der Waals surface area contributed by atoms with Gasteiger partial charge < -0.3 is 4.42 Å². The molecule has 0 spiro atoms. The van der Waals surface area contributed by atoms with E-state index in [0.717, 1.165) is 38.9 Å². The van der Waals surface area contributed by atoms with Crippen LogP contribution >= 0.6 is 11.8 Å². The van der Waals surface area contributed by atoms with E-state index < -0.39 is 0 Å². The Morgan fingerprint density at radius 1 is 1.04 bits per heavy atom. The van der Waals surface area contributed by atoms with Crippen LogP contribution in [0.1, 0.15) is 27.8 Å². The first-order chi connectivity index (χ1) is 13.4. The molecule has 2 aromatic heterocycles. The van der Waals surface area contributed by atoms with E-state index in [4.69, 9.17) is 4.42 Å². The minimum Gasteiger partial charge on any atom is -0.422 e. The first kappa shape index (κ1) is 18.4. The van der Waals surface area contributed by atoms with Gasteiger partial charge >= 0.3 is 5.63 Å². The fourth-order valence-corrected chi connectivity index (χ4v) is 4.17. The molecular weight excluding hydrogens is 372 g/mol. The third kappa shape index (κ3) is 3.45. The summed E-state index contributed by atoms with van der Waals surface area (Å²) in [5, 5.41) is 13.8. The maximum Gasteiger partial charge on any atom is 0.336 e. The van der Waals surface area contributed by atoms with Crippen molar-refractivity contribution in [1.29, 1.82) is 0 Å². The Morgan fingerprint density at radius 3 is 2.54 bits per heavy atom. The Bertz CT molecular complexity index is 1220. The average Bonchev–Trinajstić information content (AvgIpc) is 3.11. The molecule has 0 aliphatic rings. The van der Waals surface area contributed by atoms with Gasteiger partial charge in [0.2, 0.25) is 5.16 Å². The molecule has 0 amide bonds. The second-order valence-electron chi connectivity index (χ2n) is 6.98. The van der Waals surface area contributed by atoms with Gasteiger partial charge in [0.25, 0.3) is 0 Å². The van der Waals surface area contributed by atoms with E-state index in [1.807, 2.05) is 52.0 Å². The molecular formula is C21H20N4O2S. The standard InChI is InChI=1S/C21H20N4O2S/c1-12-7-13(2)9-17(8-12)25-21(22-23-24-25)28-11-16-10-19(26)27-20-15(4)14(3)5-6-18(16)20/h5-10H,11H2,1-4H3. The molecule has 0 atom stereocenters. The van der Waals surface area contributed by atoms with Gasteiger partial charge in [-0.2, -0.15) is 4.68 Å². The molecule has 0 unspecified atom stereocenters. The Labute approximate surface area is 166 Å². The highest BCUT2D eigenvalue weighted by molar-refractivity contribution is 7.98. The van der Waals surface area contributed by atoms with Gasteiger partial charge in [-0.1, -0.05) is 30.0 Å². The first-order valence-corrected chi connectivity index (χ1v) is 9.94. The molecule has 2 heterocycles. The van der Waals surface area contributed by atoms with E-state index in [2.05, 4.69) is 21.6 Å². The lowest BCUT2D eigenvalue weighted by atomic mass is 10.0. The quantitative estimate of drug-likeness (QED) is 0.381. The summed E-state index contributed by atoms with van der Waals surface area (Å²) in [6, 6.07) is 11.8. The van der Waals surface area contributed by atoms with Crippen molar-refractivity contribution < 1.29 is 4.42 Å². The third-order valence-electron chi connectivity index (χ3n) is 4.77. The van der Waals surface area contributed by atoms with Gasteiger partial charge in [-0.3, -0.25) is 0 Å². The summed E-state index contributed by atoms with van der Waals surface area (Å²) < 4.78 is 7.19. The monoisotopic (exact) mass is 392 g/mol. The number of fused-ring (bicyclic) bond motifs is 1. The molecule has 142 valence electrons. The molecule has 0 saturated carbocycles. The van der Waals surface area contributed by atoms with E-state index in [9.17, 15) is 4.79 Å². The van der Waals surface area contributed by atoms with Crippen LogP contribution in [0.4, 0.5) is 0 Å². The van der Waals surface area contributed by atoms with Crippen LogP contribution in [-0.4, -0.2) is 20.2 Å². The number of thioether (sulfide) groups is 1. The first-order valence-electron chi connectivity index (χ1n) is 8.95. The fourth-order valence-electron chi connectivity index (χ4n) is 3.29. The van der Waals surface area contributed by atoms with Crippen molar-refractivity contribution >= 4 is 22.7 Å². The van der Waals surface area contributed by atoms with Crippen LogP contribution in [-0.2, 0) is 5.75 Å². The highest BCUT2D eigenvalue weighted by atomic mass is 32.2. The second kappa shape index (κ2) is 7.24. The van der Waals surface area contributed by atoms with Crippen molar-refractivity contribution in [2.75, 3.05) is 0 Å². The maximum absolute atomic E-state index is 12.1. The smallest absolute Gasteiger partial charge is 0.336 e. The van der Waals surface area contributed by atoms with Crippen LogP contribution in [0.3, 0.4) is 0 Å². The lowest BCUT2D eigenvalue weighted by molar-refractivity contribution is 0.557. The number of benzene rings is 2. The van der Waals surface area contributed by atoms with Crippen LogP contribution in [0, 0.1) is 27.7 Å². The number of nitrogens with zero attached hydrogens (tertiary/aromatic N) is 4. The van der Waals surface area contributed by atoms with E-state index in [0.29, 0.717) is 16.5 Å².